The average Bonchev–Trinajstić information content (AvgIpc) is 2.82. The Labute approximate surface area is 111 Å². The van der Waals surface area contributed by atoms with Crippen LogP contribution in [0.5, 0.6) is 0 Å². The standard InChI is InChI=1S/C13H17ClN2O2/c1-8-2-4-10(14)11(6-8)16-13(17)12-5-3-9(7-15)18-12/h2,4,6,9,12H,3,5,7,15H2,1H3,(H,16,17)/t9-,12+/m1/s1. The van der Waals surface area contributed by atoms with Crippen molar-refractivity contribution in [3.05, 3.63) is 28.8 Å². The molecule has 98 valence electrons. The summed E-state index contributed by atoms with van der Waals surface area (Å²) in [5, 5.41) is 3.33. The van der Waals surface area contributed by atoms with E-state index in [0.717, 1.165) is 12.0 Å². The molecule has 1 heterocycles. The van der Waals surface area contributed by atoms with Gasteiger partial charge in [0, 0.05) is 6.54 Å². The zero-order valence-electron chi connectivity index (χ0n) is 10.3. The van der Waals surface area contributed by atoms with Gasteiger partial charge in [0.1, 0.15) is 6.10 Å². The van der Waals surface area contributed by atoms with Crippen LogP contribution in [0.4, 0.5) is 5.69 Å². The number of nitrogens with one attached hydrogen (secondary N) is 1. The van der Waals surface area contributed by atoms with Crippen LogP contribution < -0.4 is 11.1 Å². The van der Waals surface area contributed by atoms with Crippen LogP contribution in [0.25, 0.3) is 0 Å². The Bertz CT molecular complexity index is 451. The number of nitrogens with two attached hydrogens (primary N) is 1. The molecule has 3 N–H and O–H groups in total. The third kappa shape index (κ3) is 3.02. The summed E-state index contributed by atoms with van der Waals surface area (Å²) in [5.41, 5.74) is 7.18. The van der Waals surface area contributed by atoms with Gasteiger partial charge in [0.15, 0.2) is 0 Å². The lowest BCUT2D eigenvalue weighted by Gasteiger charge is -2.13. The minimum Gasteiger partial charge on any atom is -0.364 e. The molecule has 1 aromatic rings. The van der Waals surface area contributed by atoms with E-state index in [0.29, 0.717) is 23.7 Å². The topological polar surface area (TPSA) is 64.4 Å². The number of hydrogen-bond donors (Lipinski definition) is 2. The molecule has 0 spiro atoms. The molecule has 1 fully saturated rings. The Morgan fingerprint density at radius 1 is 1.56 bits per heavy atom. The maximum absolute atomic E-state index is 12.0. The molecular weight excluding hydrogens is 252 g/mol. The van der Waals surface area contributed by atoms with E-state index in [1.165, 1.54) is 0 Å². The fourth-order valence-corrected chi connectivity index (χ4v) is 2.18. The molecule has 1 aliphatic heterocycles. The van der Waals surface area contributed by atoms with E-state index in [2.05, 4.69) is 5.32 Å². The van der Waals surface area contributed by atoms with Crippen molar-refractivity contribution in [1.29, 1.82) is 0 Å². The van der Waals surface area contributed by atoms with Crippen molar-refractivity contribution in [3.63, 3.8) is 0 Å². The highest BCUT2D eigenvalue weighted by atomic mass is 35.5. The predicted octanol–water partition coefficient (Wildman–Crippen LogP) is 2.09. The van der Waals surface area contributed by atoms with Crippen LogP contribution in [0, 0.1) is 6.92 Å². The molecule has 1 amide bonds. The molecule has 0 radical (unpaired) electrons. The Hall–Kier alpha value is -1.10. The van der Waals surface area contributed by atoms with Gasteiger partial charge in [-0.05, 0) is 37.5 Å². The summed E-state index contributed by atoms with van der Waals surface area (Å²) < 4.78 is 5.53. The molecule has 2 atom stereocenters. The second-order valence-corrected chi connectivity index (χ2v) is 4.94. The molecular formula is C13H17ClN2O2. The van der Waals surface area contributed by atoms with E-state index in [1.54, 1.807) is 6.07 Å². The van der Waals surface area contributed by atoms with E-state index >= 15 is 0 Å². The summed E-state index contributed by atoms with van der Waals surface area (Å²) >= 11 is 6.03. The number of anilines is 1. The number of amides is 1. The molecule has 0 aliphatic carbocycles. The molecule has 1 aromatic carbocycles. The monoisotopic (exact) mass is 268 g/mol. The second kappa shape index (κ2) is 5.69. The second-order valence-electron chi connectivity index (χ2n) is 4.53. The molecule has 0 bridgehead atoms. The van der Waals surface area contributed by atoms with E-state index in [1.807, 2.05) is 19.1 Å². The van der Waals surface area contributed by atoms with Gasteiger partial charge in [-0.25, -0.2) is 0 Å². The minimum absolute atomic E-state index is 0.00580. The summed E-state index contributed by atoms with van der Waals surface area (Å²) in [5.74, 6) is -0.154. The Kier molecular flexibility index (Phi) is 4.22. The summed E-state index contributed by atoms with van der Waals surface area (Å²) in [6.45, 7) is 2.40. The Balaban J connectivity index is 2.01. The quantitative estimate of drug-likeness (QED) is 0.882. The van der Waals surface area contributed by atoms with Crippen molar-refractivity contribution in [3.8, 4) is 0 Å². The lowest BCUT2D eigenvalue weighted by Crippen LogP contribution is -2.29. The van der Waals surface area contributed by atoms with Crippen molar-refractivity contribution >= 4 is 23.2 Å². The number of hydrogen-bond acceptors (Lipinski definition) is 3. The van der Waals surface area contributed by atoms with E-state index in [4.69, 9.17) is 22.1 Å². The molecule has 1 saturated heterocycles. The first kappa shape index (κ1) is 13.3. The predicted molar refractivity (Wildman–Crippen MR) is 71.8 cm³/mol. The maximum atomic E-state index is 12.0. The average molecular weight is 269 g/mol. The van der Waals surface area contributed by atoms with Crippen LogP contribution in [0.2, 0.25) is 5.02 Å². The number of halogens is 1. The molecule has 18 heavy (non-hydrogen) atoms. The van der Waals surface area contributed by atoms with Crippen molar-refractivity contribution in [2.45, 2.75) is 32.0 Å². The van der Waals surface area contributed by atoms with Gasteiger partial charge in [-0.1, -0.05) is 17.7 Å². The maximum Gasteiger partial charge on any atom is 0.253 e. The SMILES string of the molecule is Cc1ccc(Cl)c(NC(=O)[C@@H]2CC[C@H](CN)O2)c1. The summed E-state index contributed by atoms with van der Waals surface area (Å²) in [6.07, 6.45) is 1.11. The molecule has 0 unspecified atom stereocenters. The van der Waals surface area contributed by atoms with Gasteiger partial charge >= 0.3 is 0 Å². The van der Waals surface area contributed by atoms with Gasteiger partial charge in [0.05, 0.1) is 16.8 Å². The normalized spacial score (nSPS) is 23.1. The molecule has 5 heteroatoms. The lowest BCUT2D eigenvalue weighted by atomic mass is 10.1. The van der Waals surface area contributed by atoms with Gasteiger partial charge < -0.3 is 15.8 Å². The molecule has 2 rings (SSSR count). The molecule has 1 aliphatic rings. The highest BCUT2D eigenvalue weighted by molar-refractivity contribution is 6.33. The fraction of sp³-hybridized carbons (Fsp3) is 0.462. The first-order valence-electron chi connectivity index (χ1n) is 6.02. The highest BCUT2D eigenvalue weighted by Gasteiger charge is 2.30. The van der Waals surface area contributed by atoms with Gasteiger partial charge in [0.25, 0.3) is 5.91 Å². The number of carbonyl (C=O) groups excluding carboxylic acids is 1. The Morgan fingerprint density at radius 3 is 3.00 bits per heavy atom. The molecule has 4 nitrogen and oxygen atoms in total. The number of ether oxygens (including phenoxy) is 1. The summed E-state index contributed by atoms with van der Waals surface area (Å²) in [4.78, 5) is 12.0. The van der Waals surface area contributed by atoms with Crippen LogP contribution in [0.3, 0.4) is 0 Å². The lowest BCUT2D eigenvalue weighted by molar-refractivity contribution is -0.126. The number of carbonyl (C=O) groups is 1. The first-order chi connectivity index (χ1) is 8.60. The highest BCUT2D eigenvalue weighted by Crippen LogP contribution is 2.25. The van der Waals surface area contributed by atoms with Crippen LogP contribution >= 0.6 is 11.6 Å². The van der Waals surface area contributed by atoms with Gasteiger partial charge in [-0.2, -0.15) is 0 Å². The van der Waals surface area contributed by atoms with Crippen molar-refractivity contribution in [1.82, 2.24) is 0 Å². The van der Waals surface area contributed by atoms with E-state index in [-0.39, 0.29) is 12.0 Å². The van der Waals surface area contributed by atoms with E-state index < -0.39 is 6.10 Å². The number of rotatable bonds is 3. The third-order valence-electron chi connectivity index (χ3n) is 3.04. The first-order valence-corrected chi connectivity index (χ1v) is 6.40. The number of benzene rings is 1. The fourth-order valence-electron chi connectivity index (χ4n) is 2.02. The Morgan fingerprint density at radius 2 is 2.33 bits per heavy atom. The molecule has 0 saturated carbocycles. The van der Waals surface area contributed by atoms with Crippen molar-refractivity contribution < 1.29 is 9.53 Å². The summed E-state index contributed by atoms with van der Waals surface area (Å²) in [6, 6.07) is 5.51. The van der Waals surface area contributed by atoms with Gasteiger partial charge in [-0.3, -0.25) is 4.79 Å². The smallest absolute Gasteiger partial charge is 0.253 e. The summed E-state index contributed by atoms with van der Waals surface area (Å²) in [7, 11) is 0. The molecule has 0 aromatic heterocycles. The number of aryl methyl sites for hydroxylation is 1. The van der Waals surface area contributed by atoms with Crippen molar-refractivity contribution in [2.24, 2.45) is 5.73 Å². The van der Waals surface area contributed by atoms with Crippen molar-refractivity contribution in [2.75, 3.05) is 11.9 Å². The zero-order valence-corrected chi connectivity index (χ0v) is 11.0. The minimum atomic E-state index is -0.421. The van der Waals surface area contributed by atoms with Crippen LogP contribution in [0.15, 0.2) is 18.2 Å². The van der Waals surface area contributed by atoms with Gasteiger partial charge in [0.2, 0.25) is 0 Å². The van der Waals surface area contributed by atoms with Crippen LogP contribution in [-0.2, 0) is 9.53 Å². The zero-order chi connectivity index (χ0) is 13.1. The largest absolute Gasteiger partial charge is 0.364 e. The van der Waals surface area contributed by atoms with Crippen LogP contribution in [-0.4, -0.2) is 24.7 Å². The van der Waals surface area contributed by atoms with E-state index in [9.17, 15) is 4.79 Å². The van der Waals surface area contributed by atoms with Gasteiger partial charge in [-0.15, -0.1) is 0 Å². The third-order valence-corrected chi connectivity index (χ3v) is 3.37. The van der Waals surface area contributed by atoms with Crippen LogP contribution in [0.1, 0.15) is 18.4 Å².